The molecule has 5 heteroatoms. The van der Waals surface area contributed by atoms with Crippen LogP contribution in [0.5, 0.6) is 0 Å². The lowest BCUT2D eigenvalue weighted by Crippen LogP contribution is -2.13. The van der Waals surface area contributed by atoms with Crippen LogP contribution in [0.2, 0.25) is 0 Å². The number of hydrogen-bond donors (Lipinski definition) is 2. The lowest BCUT2D eigenvalue weighted by molar-refractivity contribution is 0.0995. The highest BCUT2D eigenvalue weighted by Gasteiger charge is 2.07. The molecule has 0 aromatic carbocycles. The summed E-state index contributed by atoms with van der Waals surface area (Å²) >= 11 is 0. The lowest BCUT2D eigenvalue weighted by atomic mass is 10.1. The van der Waals surface area contributed by atoms with E-state index in [9.17, 15) is 4.79 Å². The Morgan fingerprint density at radius 1 is 1.44 bits per heavy atom. The molecule has 91 valence electrons. The Hall–Kier alpha value is -2.43. The van der Waals surface area contributed by atoms with Gasteiger partial charge < -0.3 is 11.5 Å². The molecule has 18 heavy (non-hydrogen) atoms. The Labute approximate surface area is 105 Å². The number of nitrogens with zero attached hydrogens (tertiary/aromatic N) is 2. The average Bonchev–Trinajstić information content (AvgIpc) is 2.38. The number of carbonyl (C=O) groups is 1. The van der Waals surface area contributed by atoms with Crippen molar-refractivity contribution in [3.63, 3.8) is 0 Å². The Balaban J connectivity index is 2.51. The van der Waals surface area contributed by atoms with Crippen molar-refractivity contribution in [3.05, 3.63) is 41.9 Å². The summed E-state index contributed by atoms with van der Waals surface area (Å²) in [4.78, 5) is 19.1. The Kier molecular flexibility index (Phi) is 3.23. The topological polar surface area (TPSA) is 94.9 Å². The zero-order valence-electron chi connectivity index (χ0n) is 9.97. The van der Waals surface area contributed by atoms with Gasteiger partial charge >= 0.3 is 0 Å². The van der Waals surface area contributed by atoms with Crippen molar-refractivity contribution >= 4 is 11.7 Å². The molecule has 1 radical (unpaired) electrons. The third kappa shape index (κ3) is 2.45. The van der Waals surface area contributed by atoms with Gasteiger partial charge in [0, 0.05) is 18.0 Å². The van der Waals surface area contributed by atoms with Gasteiger partial charge in [0.25, 0.3) is 5.91 Å². The molecule has 1 amide bonds. The zero-order chi connectivity index (χ0) is 13.1. The fraction of sp³-hybridized carbons (Fsp3) is 0.154. The van der Waals surface area contributed by atoms with Crippen LogP contribution in [0.4, 0.5) is 5.82 Å². The highest BCUT2D eigenvalue weighted by atomic mass is 16.1. The van der Waals surface area contributed by atoms with Gasteiger partial charge in [0.1, 0.15) is 11.5 Å². The van der Waals surface area contributed by atoms with Crippen LogP contribution in [0.15, 0.2) is 24.4 Å². The highest BCUT2D eigenvalue weighted by Crippen LogP contribution is 2.21. The van der Waals surface area contributed by atoms with Crippen molar-refractivity contribution in [1.82, 2.24) is 9.97 Å². The number of aryl methyl sites for hydroxylation is 1. The zero-order valence-corrected chi connectivity index (χ0v) is 9.97. The fourth-order valence-corrected chi connectivity index (χ4v) is 1.63. The van der Waals surface area contributed by atoms with Gasteiger partial charge in [-0.2, -0.15) is 0 Å². The molecule has 2 rings (SSSR count). The normalized spacial score (nSPS) is 10.3. The van der Waals surface area contributed by atoms with E-state index in [1.54, 1.807) is 12.1 Å². The number of hydrogen-bond acceptors (Lipinski definition) is 4. The monoisotopic (exact) mass is 241 g/mol. The number of rotatable bonds is 3. The van der Waals surface area contributed by atoms with Gasteiger partial charge in [-0.15, -0.1) is 0 Å². The summed E-state index contributed by atoms with van der Waals surface area (Å²) < 4.78 is 0. The molecule has 2 aromatic rings. The van der Waals surface area contributed by atoms with Gasteiger partial charge in [-0.25, -0.2) is 4.98 Å². The summed E-state index contributed by atoms with van der Waals surface area (Å²) in [7, 11) is 0. The number of anilines is 1. The van der Waals surface area contributed by atoms with E-state index in [0.717, 1.165) is 23.2 Å². The second-order valence-electron chi connectivity index (χ2n) is 3.82. The van der Waals surface area contributed by atoms with Crippen LogP contribution in [0.1, 0.15) is 23.1 Å². The van der Waals surface area contributed by atoms with Gasteiger partial charge in [0.2, 0.25) is 0 Å². The van der Waals surface area contributed by atoms with Crippen LogP contribution in [0, 0.1) is 6.07 Å². The predicted molar refractivity (Wildman–Crippen MR) is 68.6 cm³/mol. The van der Waals surface area contributed by atoms with Crippen molar-refractivity contribution in [1.29, 1.82) is 0 Å². The van der Waals surface area contributed by atoms with Crippen molar-refractivity contribution in [2.24, 2.45) is 5.73 Å². The number of carbonyl (C=O) groups excluding carboxylic acids is 1. The molecule has 0 aliphatic carbocycles. The number of aromatic nitrogens is 2. The van der Waals surface area contributed by atoms with Crippen molar-refractivity contribution < 1.29 is 4.79 Å². The van der Waals surface area contributed by atoms with E-state index in [1.165, 1.54) is 6.20 Å². The highest BCUT2D eigenvalue weighted by molar-refractivity contribution is 5.91. The molecule has 0 atom stereocenters. The predicted octanol–water partition coefficient (Wildman–Crippen LogP) is 1.19. The van der Waals surface area contributed by atoms with Gasteiger partial charge in [0.15, 0.2) is 0 Å². The van der Waals surface area contributed by atoms with E-state index >= 15 is 0 Å². The molecule has 0 bridgehead atoms. The molecule has 0 aliphatic rings. The molecular weight excluding hydrogens is 228 g/mol. The molecule has 0 saturated heterocycles. The quantitative estimate of drug-likeness (QED) is 0.843. The van der Waals surface area contributed by atoms with Gasteiger partial charge in [0.05, 0.1) is 0 Å². The van der Waals surface area contributed by atoms with E-state index in [0.29, 0.717) is 5.82 Å². The smallest absolute Gasteiger partial charge is 0.267 e. The number of pyridine rings is 2. The SMILES string of the molecule is CCc1cc(-c2[c]c(C(N)=O)ncc2)cc(N)n1. The Morgan fingerprint density at radius 3 is 2.89 bits per heavy atom. The molecule has 4 N–H and O–H groups in total. The van der Waals surface area contributed by atoms with Crippen LogP contribution in [-0.4, -0.2) is 15.9 Å². The first-order chi connectivity index (χ1) is 8.60. The van der Waals surface area contributed by atoms with Crippen molar-refractivity contribution in [2.75, 3.05) is 5.73 Å². The molecule has 0 fully saturated rings. The maximum Gasteiger partial charge on any atom is 0.267 e. The van der Waals surface area contributed by atoms with E-state index in [4.69, 9.17) is 11.5 Å². The van der Waals surface area contributed by atoms with E-state index in [-0.39, 0.29) is 5.69 Å². The second-order valence-corrected chi connectivity index (χ2v) is 3.82. The molecular formula is C13H13N4O. The van der Waals surface area contributed by atoms with E-state index < -0.39 is 5.91 Å². The fourth-order valence-electron chi connectivity index (χ4n) is 1.63. The number of nitrogens with two attached hydrogens (primary N) is 2. The van der Waals surface area contributed by atoms with Crippen LogP contribution in [0.3, 0.4) is 0 Å². The minimum Gasteiger partial charge on any atom is -0.384 e. The third-order valence-electron chi connectivity index (χ3n) is 2.50. The minimum atomic E-state index is -0.602. The first-order valence-electron chi connectivity index (χ1n) is 5.55. The molecule has 0 aliphatic heterocycles. The molecule has 5 nitrogen and oxygen atoms in total. The van der Waals surface area contributed by atoms with Crippen LogP contribution in [0.25, 0.3) is 11.1 Å². The standard InChI is InChI=1S/C13H13N4O/c1-2-10-5-9(7-12(14)17-10)8-3-4-16-11(6-8)13(15)18/h3-5,7H,2H2,1H3,(H2,14,17)(H2,15,18). The molecule has 2 heterocycles. The van der Waals surface area contributed by atoms with Crippen molar-refractivity contribution in [3.8, 4) is 11.1 Å². The first kappa shape index (κ1) is 12.0. The first-order valence-corrected chi connectivity index (χ1v) is 5.55. The molecule has 0 spiro atoms. The largest absolute Gasteiger partial charge is 0.384 e. The summed E-state index contributed by atoms with van der Waals surface area (Å²) in [5, 5.41) is 0. The number of amides is 1. The van der Waals surface area contributed by atoms with Gasteiger partial charge in [-0.05, 0) is 35.7 Å². The maximum absolute atomic E-state index is 11.1. The van der Waals surface area contributed by atoms with Crippen LogP contribution in [-0.2, 0) is 6.42 Å². The number of primary amides is 1. The second kappa shape index (κ2) is 4.83. The summed E-state index contributed by atoms with van der Waals surface area (Å²) in [6, 6.07) is 8.26. The summed E-state index contributed by atoms with van der Waals surface area (Å²) in [5.74, 6) is -0.162. The molecule has 0 unspecified atom stereocenters. The summed E-state index contributed by atoms with van der Waals surface area (Å²) in [5.41, 5.74) is 13.5. The lowest BCUT2D eigenvalue weighted by Gasteiger charge is -2.06. The van der Waals surface area contributed by atoms with Crippen molar-refractivity contribution in [2.45, 2.75) is 13.3 Å². The summed E-state index contributed by atoms with van der Waals surface area (Å²) in [6.45, 7) is 2.00. The average molecular weight is 241 g/mol. The molecule has 2 aromatic heterocycles. The molecule has 0 saturated carbocycles. The van der Waals surface area contributed by atoms with E-state index in [1.807, 2.05) is 13.0 Å². The third-order valence-corrected chi connectivity index (χ3v) is 2.50. The van der Waals surface area contributed by atoms with Crippen LogP contribution >= 0.6 is 0 Å². The number of nitrogen functional groups attached to an aromatic ring is 1. The van der Waals surface area contributed by atoms with E-state index in [2.05, 4.69) is 16.0 Å². The minimum absolute atomic E-state index is 0.112. The Morgan fingerprint density at radius 2 is 2.22 bits per heavy atom. The van der Waals surface area contributed by atoms with Gasteiger partial charge in [-0.1, -0.05) is 6.92 Å². The Bertz CT molecular complexity index is 595. The van der Waals surface area contributed by atoms with Gasteiger partial charge in [-0.3, -0.25) is 9.78 Å². The maximum atomic E-state index is 11.1. The summed E-state index contributed by atoms with van der Waals surface area (Å²) in [6.07, 6.45) is 2.31. The van der Waals surface area contributed by atoms with Crippen LogP contribution < -0.4 is 11.5 Å².